The summed E-state index contributed by atoms with van der Waals surface area (Å²) < 4.78 is 26.6. The lowest BCUT2D eigenvalue weighted by Gasteiger charge is -2.19. The topological polar surface area (TPSA) is 66.5 Å². The summed E-state index contributed by atoms with van der Waals surface area (Å²) in [4.78, 5) is 12.8. The van der Waals surface area contributed by atoms with Crippen LogP contribution in [0.3, 0.4) is 0 Å². The largest absolute Gasteiger partial charge is 0.346 e. The zero-order valence-corrected chi connectivity index (χ0v) is 17.4. The summed E-state index contributed by atoms with van der Waals surface area (Å²) in [5.41, 5.74) is 3.54. The average Bonchev–Trinajstić information content (AvgIpc) is 2.64. The van der Waals surface area contributed by atoms with Gasteiger partial charge in [0.15, 0.2) is 0 Å². The van der Waals surface area contributed by atoms with E-state index in [-0.39, 0.29) is 16.8 Å². The molecule has 0 heterocycles. The van der Waals surface area contributed by atoms with E-state index >= 15 is 0 Å². The first kappa shape index (κ1) is 21.1. The maximum Gasteiger partial charge on any atom is 0.252 e. The molecule has 2 aromatic rings. The van der Waals surface area contributed by atoms with Crippen molar-refractivity contribution in [2.24, 2.45) is 0 Å². The minimum Gasteiger partial charge on any atom is -0.346 e. The highest BCUT2D eigenvalue weighted by molar-refractivity contribution is 7.89. The molecule has 0 saturated carbocycles. The van der Waals surface area contributed by atoms with E-state index in [1.807, 2.05) is 52.8 Å². The van der Waals surface area contributed by atoms with Gasteiger partial charge in [-0.05, 0) is 55.7 Å². The molecule has 0 radical (unpaired) electrons. The average molecular weight is 389 g/mol. The fourth-order valence-electron chi connectivity index (χ4n) is 3.00. The van der Waals surface area contributed by atoms with Crippen LogP contribution in [0.5, 0.6) is 0 Å². The highest BCUT2D eigenvalue weighted by Crippen LogP contribution is 2.20. The van der Waals surface area contributed by atoms with E-state index in [1.165, 1.54) is 4.31 Å². The second-order valence-electron chi connectivity index (χ2n) is 6.60. The molecule has 27 heavy (non-hydrogen) atoms. The van der Waals surface area contributed by atoms with E-state index in [4.69, 9.17) is 0 Å². The summed E-state index contributed by atoms with van der Waals surface area (Å²) >= 11 is 0. The van der Waals surface area contributed by atoms with Crippen LogP contribution in [0.1, 0.15) is 53.9 Å². The Morgan fingerprint density at radius 1 is 1.04 bits per heavy atom. The van der Waals surface area contributed by atoms with Gasteiger partial charge in [0.25, 0.3) is 5.91 Å². The maximum atomic E-state index is 12.6. The predicted octanol–water partition coefficient (Wildman–Crippen LogP) is 3.82. The van der Waals surface area contributed by atoms with Crippen molar-refractivity contribution < 1.29 is 13.2 Å². The summed E-state index contributed by atoms with van der Waals surface area (Å²) in [5.74, 6) is -0.136. The Bertz CT molecular complexity index is 902. The Morgan fingerprint density at radius 3 is 2.19 bits per heavy atom. The summed E-state index contributed by atoms with van der Waals surface area (Å²) in [6.45, 7) is 10.3. The Morgan fingerprint density at radius 2 is 1.63 bits per heavy atom. The molecule has 0 saturated heterocycles. The smallest absolute Gasteiger partial charge is 0.252 e. The van der Waals surface area contributed by atoms with Crippen molar-refractivity contribution in [2.75, 3.05) is 13.1 Å². The van der Waals surface area contributed by atoms with Crippen molar-refractivity contribution in [3.8, 4) is 0 Å². The molecule has 1 atom stereocenters. The minimum atomic E-state index is -3.47. The SMILES string of the molecule is CCN(CC)S(=O)(=O)c1ccc(C(C)NC(=O)c2cccc(C)c2C)cc1. The molecule has 2 rings (SSSR count). The standard InChI is InChI=1S/C21H28N2O3S/c1-6-23(7-2)27(25,26)19-13-11-18(12-14-19)17(5)22-21(24)20-10-8-9-15(3)16(20)4/h8-14,17H,6-7H2,1-5H3,(H,22,24). The molecule has 1 unspecified atom stereocenters. The Labute approximate surface area is 162 Å². The quantitative estimate of drug-likeness (QED) is 0.784. The summed E-state index contributed by atoms with van der Waals surface area (Å²) in [7, 11) is -3.47. The zero-order chi connectivity index (χ0) is 20.2. The van der Waals surface area contributed by atoms with E-state index in [9.17, 15) is 13.2 Å². The molecule has 1 N–H and O–H groups in total. The molecule has 2 aromatic carbocycles. The molecule has 0 spiro atoms. The minimum absolute atomic E-state index is 0.136. The van der Waals surface area contributed by atoms with Gasteiger partial charge in [0, 0.05) is 18.7 Å². The first-order valence-corrected chi connectivity index (χ1v) is 10.6. The van der Waals surface area contributed by atoms with Gasteiger partial charge in [0.05, 0.1) is 10.9 Å². The van der Waals surface area contributed by atoms with Gasteiger partial charge in [-0.3, -0.25) is 4.79 Å². The van der Waals surface area contributed by atoms with Crippen LogP contribution in [0.15, 0.2) is 47.4 Å². The molecule has 0 fully saturated rings. The van der Waals surface area contributed by atoms with Crippen molar-refractivity contribution >= 4 is 15.9 Å². The summed E-state index contributed by atoms with van der Waals surface area (Å²) in [5, 5.41) is 2.99. The van der Waals surface area contributed by atoms with Crippen LogP contribution in [0, 0.1) is 13.8 Å². The number of benzene rings is 2. The van der Waals surface area contributed by atoms with Gasteiger partial charge in [0.2, 0.25) is 10.0 Å². The monoisotopic (exact) mass is 388 g/mol. The number of aryl methyl sites for hydroxylation is 1. The van der Waals surface area contributed by atoms with Crippen LogP contribution in [-0.4, -0.2) is 31.7 Å². The molecule has 1 amide bonds. The lowest BCUT2D eigenvalue weighted by molar-refractivity contribution is 0.0939. The van der Waals surface area contributed by atoms with Crippen LogP contribution in [0.2, 0.25) is 0 Å². The van der Waals surface area contributed by atoms with E-state index < -0.39 is 10.0 Å². The third-order valence-corrected chi connectivity index (χ3v) is 6.98. The third-order valence-electron chi connectivity index (χ3n) is 4.92. The normalized spacial score (nSPS) is 12.8. The van der Waals surface area contributed by atoms with Crippen molar-refractivity contribution in [1.82, 2.24) is 9.62 Å². The molecule has 0 aliphatic rings. The number of nitrogens with zero attached hydrogens (tertiary/aromatic N) is 1. The summed E-state index contributed by atoms with van der Waals surface area (Å²) in [6, 6.07) is 12.1. The number of carbonyl (C=O) groups is 1. The van der Waals surface area contributed by atoms with E-state index in [0.717, 1.165) is 16.7 Å². The Balaban J connectivity index is 2.17. The molecule has 146 valence electrons. The van der Waals surface area contributed by atoms with Crippen molar-refractivity contribution in [2.45, 2.75) is 45.6 Å². The lowest BCUT2D eigenvalue weighted by Crippen LogP contribution is -2.30. The molecule has 0 bridgehead atoms. The van der Waals surface area contributed by atoms with Crippen LogP contribution in [0.4, 0.5) is 0 Å². The molecule has 5 nitrogen and oxygen atoms in total. The Hall–Kier alpha value is -2.18. The van der Waals surface area contributed by atoms with Gasteiger partial charge < -0.3 is 5.32 Å². The van der Waals surface area contributed by atoms with E-state index in [1.54, 1.807) is 24.3 Å². The van der Waals surface area contributed by atoms with Gasteiger partial charge >= 0.3 is 0 Å². The number of hydrogen-bond donors (Lipinski definition) is 1. The fourth-order valence-corrected chi connectivity index (χ4v) is 4.45. The van der Waals surface area contributed by atoms with Gasteiger partial charge in [-0.25, -0.2) is 8.42 Å². The van der Waals surface area contributed by atoms with Gasteiger partial charge in [-0.15, -0.1) is 0 Å². The predicted molar refractivity (Wildman–Crippen MR) is 108 cm³/mol. The Kier molecular flexibility index (Phi) is 6.78. The van der Waals surface area contributed by atoms with E-state index in [0.29, 0.717) is 18.7 Å². The first-order valence-electron chi connectivity index (χ1n) is 9.19. The number of sulfonamides is 1. The number of nitrogens with one attached hydrogen (secondary N) is 1. The lowest BCUT2D eigenvalue weighted by atomic mass is 10.0. The fraction of sp³-hybridized carbons (Fsp3) is 0.381. The van der Waals surface area contributed by atoms with E-state index in [2.05, 4.69) is 5.32 Å². The van der Waals surface area contributed by atoms with Gasteiger partial charge in [-0.1, -0.05) is 38.1 Å². The first-order chi connectivity index (χ1) is 12.7. The van der Waals surface area contributed by atoms with Crippen molar-refractivity contribution in [1.29, 1.82) is 0 Å². The molecule has 6 heteroatoms. The number of rotatable bonds is 7. The second-order valence-corrected chi connectivity index (χ2v) is 8.54. The molecular formula is C21H28N2O3S. The van der Waals surface area contributed by atoms with Crippen molar-refractivity contribution in [3.05, 3.63) is 64.7 Å². The maximum absolute atomic E-state index is 12.6. The molecule has 0 aromatic heterocycles. The number of amides is 1. The van der Waals surface area contributed by atoms with Gasteiger partial charge in [-0.2, -0.15) is 4.31 Å². The van der Waals surface area contributed by atoms with Crippen LogP contribution in [0.25, 0.3) is 0 Å². The zero-order valence-electron chi connectivity index (χ0n) is 16.6. The number of hydrogen-bond acceptors (Lipinski definition) is 3. The molecule has 0 aliphatic carbocycles. The molecular weight excluding hydrogens is 360 g/mol. The summed E-state index contributed by atoms with van der Waals surface area (Å²) in [6.07, 6.45) is 0. The molecule has 0 aliphatic heterocycles. The number of carbonyl (C=O) groups excluding carboxylic acids is 1. The van der Waals surface area contributed by atoms with Crippen LogP contribution < -0.4 is 5.32 Å². The van der Waals surface area contributed by atoms with Gasteiger partial charge in [0.1, 0.15) is 0 Å². The van der Waals surface area contributed by atoms with Crippen molar-refractivity contribution in [3.63, 3.8) is 0 Å². The van der Waals surface area contributed by atoms with Crippen LogP contribution in [-0.2, 0) is 10.0 Å². The third kappa shape index (κ3) is 4.57. The second kappa shape index (κ2) is 8.67. The highest BCUT2D eigenvalue weighted by atomic mass is 32.2. The highest BCUT2D eigenvalue weighted by Gasteiger charge is 2.22. The van der Waals surface area contributed by atoms with Crippen LogP contribution >= 0.6 is 0 Å².